The summed E-state index contributed by atoms with van der Waals surface area (Å²) in [5.41, 5.74) is 6.21. The van der Waals surface area contributed by atoms with Gasteiger partial charge in [0.25, 0.3) is 0 Å². The van der Waals surface area contributed by atoms with Gasteiger partial charge in [-0.15, -0.1) is 0 Å². The number of rotatable bonds is 1. The Balaban J connectivity index is 2.25. The summed E-state index contributed by atoms with van der Waals surface area (Å²) in [7, 11) is 0. The third kappa shape index (κ3) is 1.42. The van der Waals surface area contributed by atoms with Gasteiger partial charge in [0.15, 0.2) is 0 Å². The third-order valence-electron chi connectivity index (χ3n) is 2.56. The second-order valence-electron chi connectivity index (χ2n) is 3.69. The van der Waals surface area contributed by atoms with Crippen molar-refractivity contribution in [3.8, 4) is 11.5 Å². The number of halogens is 1. The van der Waals surface area contributed by atoms with Crippen molar-refractivity contribution in [2.75, 3.05) is 5.73 Å². The van der Waals surface area contributed by atoms with Crippen LogP contribution in [-0.4, -0.2) is 10.1 Å². The highest BCUT2D eigenvalue weighted by molar-refractivity contribution is 5.86. The zero-order chi connectivity index (χ0) is 12.0. The molecule has 0 saturated carbocycles. The number of nitrogens with one attached hydrogen (secondary N) is 2. The SMILES string of the molecule is Nc1c(-c2cc3ccc(F)cc3[nH]2)o[nH]c1=O. The zero-order valence-electron chi connectivity index (χ0n) is 8.58. The van der Waals surface area contributed by atoms with Gasteiger partial charge >= 0.3 is 5.56 Å². The quantitative estimate of drug-likeness (QED) is 0.599. The molecule has 0 radical (unpaired) electrons. The molecule has 86 valence electrons. The van der Waals surface area contributed by atoms with Gasteiger partial charge in [-0.25, -0.2) is 4.39 Å². The molecule has 2 heterocycles. The van der Waals surface area contributed by atoms with Crippen molar-refractivity contribution in [1.29, 1.82) is 0 Å². The minimum absolute atomic E-state index is 0.00275. The van der Waals surface area contributed by atoms with Gasteiger partial charge in [-0.05, 0) is 24.3 Å². The minimum Gasteiger partial charge on any atom is -0.391 e. The fourth-order valence-electron chi connectivity index (χ4n) is 1.73. The van der Waals surface area contributed by atoms with Crippen LogP contribution in [0, 0.1) is 5.82 Å². The van der Waals surface area contributed by atoms with Crippen LogP contribution in [0.15, 0.2) is 33.6 Å². The maximum atomic E-state index is 13.0. The lowest BCUT2D eigenvalue weighted by atomic mass is 10.2. The van der Waals surface area contributed by atoms with E-state index >= 15 is 0 Å². The van der Waals surface area contributed by atoms with Gasteiger partial charge in [0.2, 0.25) is 5.76 Å². The molecule has 0 bridgehead atoms. The predicted molar refractivity (Wildman–Crippen MR) is 61.0 cm³/mol. The number of fused-ring (bicyclic) bond motifs is 1. The molecule has 0 fully saturated rings. The van der Waals surface area contributed by atoms with Crippen LogP contribution >= 0.6 is 0 Å². The molecule has 0 unspecified atom stereocenters. The fraction of sp³-hybridized carbons (Fsp3) is 0. The number of nitrogen functional groups attached to an aromatic ring is 1. The normalized spacial score (nSPS) is 11.1. The molecule has 4 N–H and O–H groups in total. The van der Waals surface area contributed by atoms with Crippen LogP contribution in [0.25, 0.3) is 22.4 Å². The molecule has 3 aromatic rings. The van der Waals surface area contributed by atoms with E-state index < -0.39 is 5.56 Å². The lowest BCUT2D eigenvalue weighted by Crippen LogP contribution is -2.04. The summed E-state index contributed by atoms with van der Waals surface area (Å²) in [6, 6.07) is 6.08. The molecule has 1 aromatic carbocycles. The number of benzene rings is 1. The molecular weight excluding hydrogens is 225 g/mol. The molecule has 0 amide bonds. The van der Waals surface area contributed by atoms with E-state index in [4.69, 9.17) is 10.3 Å². The number of anilines is 1. The van der Waals surface area contributed by atoms with Crippen molar-refractivity contribution in [3.05, 3.63) is 40.4 Å². The molecule has 0 aliphatic carbocycles. The van der Waals surface area contributed by atoms with Crippen molar-refractivity contribution in [2.45, 2.75) is 0 Å². The Labute approximate surface area is 94.0 Å². The van der Waals surface area contributed by atoms with Crippen molar-refractivity contribution >= 4 is 16.6 Å². The Kier molecular flexibility index (Phi) is 1.85. The van der Waals surface area contributed by atoms with Gasteiger partial charge < -0.3 is 15.2 Å². The predicted octanol–water partition coefficient (Wildman–Crippen LogP) is 1.84. The molecular formula is C11H8FN3O2. The average molecular weight is 233 g/mol. The van der Waals surface area contributed by atoms with E-state index in [2.05, 4.69) is 10.1 Å². The second-order valence-corrected chi connectivity index (χ2v) is 3.69. The number of aromatic nitrogens is 2. The first-order chi connectivity index (χ1) is 8.15. The van der Waals surface area contributed by atoms with Crippen molar-refractivity contribution < 1.29 is 8.91 Å². The minimum atomic E-state index is -0.482. The summed E-state index contributed by atoms with van der Waals surface area (Å²) in [4.78, 5) is 14.1. The number of hydrogen-bond donors (Lipinski definition) is 3. The van der Waals surface area contributed by atoms with Gasteiger partial charge in [-0.3, -0.25) is 4.79 Å². The van der Waals surface area contributed by atoms with Crippen molar-refractivity contribution in [2.24, 2.45) is 0 Å². The summed E-state index contributed by atoms with van der Waals surface area (Å²) in [5.74, 6) is -0.110. The first-order valence-corrected chi connectivity index (χ1v) is 4.91. The standard InChI is InChI=1S/C11H8FN3O2/c12-6-2-1-5-3-8(14-7(5)4-6)10-9(13)11(16)15-17-10/h1-4,14H,13H2,(H,15,16). The van der Waals surface area contributed by atoms with E-state index in [1.54, 1.807) is 12.1 Å². The molecule has 0 aliphatic heterocycles. The van der Waals surface area contributed by atoms with E-state index in [-0.39, 0.29) is 17.3 Å². The topological polar surface area (TPSA) is 87.8 Å². The van der Waals surface area contributed by atoms with Gasteiger partial charge in [-0.1, -0.05) is 0 Å². The zero-order valence-corrected chi connectivity index (χ0v) is 8.58. The Bertz CT molecular complexity index is 754. The summed E-state index contributed by atoms with van der Waals surface area (Å²) >= 11 is 0. The van der Waals surface area contributed by atoms with E-state index in [0.717, 1.165) is 5.39 Å². The monoisotopic (exact) mass is 233 g/mol. The van der Waals surface area contributed by atoms with Crippen LogP contribution in [-0.2, 0) is 0 Å². The summed E-state index contributed by atoms with van der Waals surface area (Å²) in [6.07, 6.45) is 0. The van der Waals surface area contributed by atoms with Crippen LogP contribution in [0.5, 0.6) is 0 Å². The molecule has 2 aromatic heterocycles. The largest absolute Gasteiger partial charge is 0.391 e. The number of nitrogens with two attached hydrogens (primary N) is 1. The molecule has 0 atom stereocenters. The lowest BCUT2D eigenvalue weighted by molar-refractivity contribution is 0.425. The van der Waals surface area contributed by atoms with Crippen molar-refractivity contribution in [3.63, 3.8) is 0 Å². The molecule has 0 aliphatic rings. The van der Waals surface area contributed by atoms with E-state index in [1.807, 2.05) is 0 Å². The number of H-pyrrole nitrogens is 2. The van der Waals surface area contributed by atoms with E-state index in [9.17, 15) is 9.18 Å². The van der Waals surface area contributed by atoms with Crippen LogP contribution < -0.4 is 11.3 Å². The average Bonchev–Trinajstić information content (AvgIpc) is 2.83. The summed E-state index contributed by atoms with van der Waals surface area (Å²) in [5, 5.41) is 2.95. The Morgan fingerprint density at radius 1 is 1.29 bits per heavy atom. The Morgan fingerprint density at radius 3 is 2.82 bits per heavy atom. The Morgan fingerprint density at radius 2 is 2.12 bits per heavy atom. The van der Waals surface area contributed by atoms with Gasteiger partial charge in [-0.2, -0.15) is 5.16 Å². The van der Waals surface area contributed by atoms with Crippen molar-refractivity contribution in [1.82, 2.24) is 10.1 Å². The smallest absolute Gasteiger partial charge is 0.303 e. The van der Waals surface area contributed by atoms with E-state index in [0.29, 0.717) is 11.2 Å². The molecule has 5 nitrogen and oxygen atoms in total. The second kappa shape index (κ2) is 3.24. The van der Waals surface area contributed by atoms with Crippen LogP contribution in [0.1, 0.15) is 0 Å². The highest BCUT2D eigenvalue weighted by Gasteiger charge is 2.13. The summed E-state index contributed by atoms with van der Waals surface area (Å²) in [6.45, 7) is 0. The highest BCUT2D eigenvalue weighted by Crippen LogP contribution is 2.26. The Hall–Kier alpha value is -2.50. The summed E-state index contributed by atoms with van der Waals surface area (Å²) < 4.78 is 18.0. The third-order valence-corrected chi connectivity index (χ3v) is 2.56. The molecule has 0 spiro atoms. The molecule has 6 heteroatoms. The van der Waals surface area contributed by atoms with Crippen LogP contribution in [0.4, 0.5) is 10.1 Å². The van der Waals surface area contributed by atoms with Crippen LogP contribution in [0.3, 0.4) is 0 Å². The van der Waals surface area contributed by atoms with Gasteiger partial charge in [0.1, 0.15) is 11.5 Å². The maximum absolute atomic E-state index is 13.0. The number of aromatic amines is 2. The molecule has 3 rings (SSSR count). The molecule has 17 heavy (non-hydrogen) atoms. The first kappa shape index (κ1) is 9.71. The molecule has 0 saturated heterocycles. The lowest BCUT2D eigenvalue weighted by Gasteiger charge is -1.90. The van der Waals surface area contributed by atoms with Gasteiger partial charge in [0.05, 0.1) is 5.69 Å². The van der Waals surface area contributed by atoms with Crippen LogP contribution in [0.2, 0.25) is 0 Å². The van der Waals surface area contributed by atoms with Gasteiger partial charge in [0, 0.05) is 10.9 Å². The first-order valence-electron chi connectivity index (χ1n) is 4.91. The fourth-order valence-corrected chi connectivity index (χ4v) is 1.73. The maximum Gasteiger partial charge on any atom is 0.303 e. The van der Waals surface area contributed by atoms with E-state index in [1.165, 1.54) is 12.1 Å². The number of hydrogen-bond acceptors (Lipinski definition) is 3. The highest BCUT2D eigenvalue weighted by atomic mass is 19.1.